The van der Waals surface area contributed by atoms with Gasteiger partial charge in [0.25, 0.3) is 11.5 Å². The first-order valence-corrected chi connectivity index (χ1v) is 10.4. The summed E-state index contributed by atoms with van der Waals surface area (Å²) in [5, 5.41) is 8.28. The molecular formula is C25H22N4O2. The molecule has 0 saturated heterocycles. The maximum absolute atomic E-state index is 13.0. The molecule has 0 bridgehead atoms. The van der Waals surface area contributed by atoms with Crippen LogP contribution in [0, 0.1) is 0 Å². The summed E-state index contributed by atoms with van der Waals surface area (Å²) < 4.78 is 1.32. The molecule has 1 aromatic heterocycles. The minimum Gasteiger partial charge on any atom is -0.341 e. The van der Waals surface area contributed by atoms with Crippen LogP contribution in [0.15, 0.2) is 77.6 Å². The molecule has 3 aromatic carbocycles. The molecule has 5 rings (SSSR count). The third kappa shape index (κ3) is 3.36. The van der Waals surface area contributed by atoms with Crippen LogP contribution in [0.5, 0.6) is 0 Å². The second-order valence-electron chi connectivity index (χ2n) is 7.55. The highest BCUT2D eigenvalue weighted by Gasteiger charge is 2.20. The van der Waals surface area contributed by atoms with Gasteiger partial charge in [0.15, 0.2) is 5.69 Å². The molecule has 6 nitrogen and oxygen atoms in total. The van der Waals surface area contributed by atoms with E-state index in [1.165, 1.54) is 15.9 Å². The number of para-hydroxylation sites is 1. The van der Waals surface area contributed by atoms with E-state index in [-0.39, 0.29) is 17.2 Å². The predicted octanol–water partition coefficient (Wildman–Crippen LogP) is 4.36. The van der Waals surface area contributed by atoms with Crippen LogP contribution < -0.4 is 15.8 Å². The molecule has 1 N–H and O–H groups in total. The monoisotopic (exact) mass is 410 g/mol. The zero-order valence-electron chi connectivity index (χ0n) is 17.2. The van der Waals surface area contributed by atoms with E-state index in [0.29, 0.717) is 23.0 Å². The van der Waals surface area contributed by atoms with E-state index in [1.54, 1.807) is 24.3 Å². The van der Waals surface area contributed by atoms with Crippen molar-refractivity contribution >= 4 is 33.7 Å². The van der Waals surface area contributed by atoms with Crippen LogP contribution in [0.25, 0.3) is 10.8 Å². The first-order chi connectivity index (χ1) is 15.2. The molecule has 1 aliphatic rings. The van der Waals surface area contributed by atoms with E-state index in [0.717, 1.165) is 18.7 Å². The highest BCUT2D eigenvalue weighted by Crippen LogP contribution is 2.34. The number of carbonyl (C=O) groups excluding carboxylic acids is 1. The number of nitrogens with one attached hydrogen (secondary N) is 1. The zero-order chi connectivity index (χ0) is 21.4. The van der Waals surface area contributed by atoms with Gasteiger partial charge in [0.1, 0.15) is 0 Å². The third-order valence-corrected chi connectivity index (χ3v) is 5.71. The second-order valence-corrected chi connectivity index (χ2v) is 7.55. The highest BCUT2D eigenvalue weighted by atomic mass is 16.2. The molecule has 0 atom stereocenters. The molecule has 6 heteroatoms. The van der Waals surface area contributed by atoms with Gasteiger partial charge in [-0.05, 0) is 55.3 Å². The molecule has 2 heterocycles. The maximum Gasteiger partial charge on any atom is 0.276 e. The molecule has 0 aliphatic carbocycles. The van der Waals surface area contributed by atoms with Crippen molar-refractivity contribution in [3.8, 4) is 0 Å². The van der Waals surface area contributed by atoms with Crippen LogP contribution in [-0.4, -0.2) is 22.2 Å². The van der Waals surface area contributed by atoms with Gasteiger partial charge in [-0.2, -0.15) is 5.10 Å². The Bertz CT molecular complexity index is 1340. The Morgan fingerprint density at radius 2 is 1.68 bits per heavy atom. The molecule has 1 amide bonds. The normalized spacial score (nSPS) is 12.7. The molecule has 154 valence electrons. The van der Waals surface area contributed by atoms with Crippen molar-refractivity contribution in [1.82, 2.24) is 9.78 Å². The first kappa shape index (κ1) is 19.1. The fourth-order valence-electron chi connectivity index (χ4n) is 4.14. The van der Waals surface area contributed by atoms with Crippen molar-refractivity contribution in [2.75, 3.05) is 16.8 Å². The molecule has 0 fully saturated rings. The van der Waals surface area contributed by atoms with Gasteiger partial charge in [0.05, 0.1) is 5.39 Å². The van der Waals surface area contributed by atoms with E-state index in [2.05, 4.69) is 39.6 Å². The summed E-state index contributed by atoms with van der Waals surface area (Å²) in [6.45, 7) is 3.18. The second kappa shape index (κ2) is 7.72. The minimum absolute atomic E-state index is 0.190. The number of hydrogen-bond donors (Lipinski definition) is 1. The summed E-state index contributed by atoms with van der Waals surface area (Å²) in [6.07, 6.45) is 1.03. The van der Waals surface area contributed by atoms with Gasteiger partial charge in [0.2, 0.25) is 0 Å². The Balaban J connectivity index is 1.42. The number of amides is 1. The fraction of sp³-hybridized carbons (Fsp3) is 0.160. The summed E-state index contributed by atoms with van der Waals surface area (Å²) in [7, 11) is 0. The number of fused-ring (bicyclic) bond motifs is 2. The molecule has 0 saturated carbocycles. The van der Waals surface area contributed by atoms with Crippen molar-refractivity contribution in [1.29, 1.82) is 0 Å². The standard InChI is InChI=1S/C25H22N4O2/c1-2-29-25(31)21-9-5-4-8-20(21)23(27-29)24(30)26-18-11-13-19(14-12-18)28-16-15-17-7-3-6-10-22(17)28/h3-14H,2,15-16H2,1H3,(H,26,30). The molecule has 31 heavy (non-hydrogen) atoms. The lowest BCUT2D eigenvalue weighted by atomic mass is 10.1. The van der Waals surface area contributed by atoms with Crippen molar-refractivity contribution in [3.63, 3.8) is 0 Å². The lowest BCUT2D eigenvalue weighted by molar-refractivity contribution is 0.102. The summed E-state index contributed by atoms with van der Waals surface area (Å²) in [5.41, 5.74) is 4.41. The van der Waals surface area contributed by atoms with Crippen LogP contribution in [0.3, 0.4) is 0 Å². The van der Waals surface area contributed by atoms with Gasteiger partial charge in [-0.1, -0.05) is 36.4 Å². The van der Waals surface area contributed by atoms with Gasteiger partial charge < -0.3 is 10.2 Å². The highest BCUT2D eigenvalue weighted by molar-refractivity contribution is 6.11. The number of aryl methyl sites for hydroxylation is 1. The van der Waals surface area contributed by atoms with E-state index in [1.807, 2.05) is 31.2 Å². The third-order valence-electron chi connectivity index (χ3n) is 5.71. The first-order valence-electron chi connectivity index (χ1n) is 10.4. The van der Waals surface area contributed by atoms with E-state index in [4.69, 9.17) is 0 Å². The summed E-state index contributed by atoms with van der Waals surface area (Å²) in [5.74, 6) is -0.335. The van der Waals surface area contributed by atoms with Crippen molar-refractivity contribution in [2.45, 2.75) is 19.9 Å². The van der Waals surface area contributed by atoms with Crippen LogP contribution in [-0.2, 0) is 13.0 Å². The number of anilines is 3. The van der Waals surface area contributed by atoms with Gasteiger partial charge >= 0.3 is 0 Å². The molecule has 0 unspecified atom stereocenters. The largest absolute Gasteiger partial charge is 0.341 e. The number of carbonyl (C=O) groups is 1. The lowest BCUT2D eigenvalue weighted by Gasteiger charge is -2.20. The Morgan fingerprint density at radius 3 is 2.45 bits per heavy atom. The van der Waals surface area contributed by atoms with E-state index in [9.17, 15) is 9.59 Å². The van der Waals surface area contributed by atoms with Gasteiger partial charge in [-0.15, -0.1) is 0 Å². The SMILES string of the molecule is CCn1nc(C(=O)Nc2ccc(N3CCc4ccccc43)cc2)c2ccccc2c1=O. The summed E-state index contributed by atoms with van der Waals surface area (Å²) in [6, 6.07) is 23.3. The van der Waals surface area contributed by atoms with Crippen LogP contribution >= 0.6 is 0 Å². The number of aromatic nitrogens is 2. The van der Waals surface area contributed by atoms with Crippen LogP contribution in [0.2, 0.25) is 0 Å². The van der Waals surface area contributed by atoms with E-state index < -0.39 is 0 Å². The Labute approximate surface area is 179 Å². The molecule has 4 aromatic rings. The number of nitrogens with zero attached hydrogens (tertiary/aromatic N) is 3. The molecule has 0 radical (unpaired) electrons. The predicted molar refractivity (Wildman–Crippen MR) is 123 cm³/mol. The lowest BCUT2D eigenvalue weighted by Crippen LogP contribution is -2.27. The molecule has 0 spiro atoms. The fourth-order valence-corrected chi connectivity index (χ4v) is 4.14. The quantitative estimate of drug-likeness (QED) is 0.543. The van der Waals surface area contributed by atoms with Gasteiger partial charge in [0, 0.05) is 35.5 Å². The van der Waals surface area contributed by atoms with E-state index >= 15 is 0 Å². The average molecular weight is 410 g/mol. The van der Waals surface area contributed by atoms with Crippen LogP contribution in [0.1, 0.15) is 23.0 Å². The van der Waals surface area contributed by atoms with Crippen molar-refractivity contribution in [2.24, 2.45) is 0 Å². The Morgan fingerprint density at radius 1 is 0.968 bits per heavy atom. The average Bonchev–Trinajstić information content (AvgIpc) is 3.24. The van der Waals surface area contributed by atoms with Gasteiger partial charge in [-0.25, -0.2) is 4.68 Å². The van der Waals surface area contributed by atoms with Crippen LogP contribution in [0.4, 0.5) is 17.1 Å². The molecular weight excluding hydrogens is 388 g/mol. The number of rotatable bonds is 4. The number of hydrogen-bond acceptors (Lipinski definition) is 4. The topological polar surface area (TPSA) is 67.2 Å². The van der Waals surface area contributed by atoms with Crippen molar-refractivity contribution < 1.29 is 4.79 Å². The van der Waals surface area contributed by atoms with Gasteiger partial charge in [-0.3, -0.25) is 9.59 Å². The molecule has 1 aliphatic heterocycles. The minimum atomic E-state index is -0.335. The Kier molecular flexibility index (Phi) is 4.75. The Hall–Kier alpha value is -3.93. The summed E-state index contributed by atoms with van der Waals surface area (Å²) >= 11 is 0. The smallest absolute Gasteiger partial charge is 0.276 e. The summed E-state index contributed by atoms with van der Waals surface area (Å²) in [4.78, 5) is 27.8. The maximum atomic E-state index is 13.0. The number of benzene rings is 3. The zero-order valence-corrected chi connectivity index (χ0v) is 17.2. The van der Waals surface area contributed by atoms with Crippen molar-refractivity contribution in [3.05, 3.63) is 94.4 Å².